The highest BCUT2D eigenvalue weighted by atomic mass is 35.5. The Hall–Kier alpha value is -1.79. The van der Waals surface area contributed by atoms with E-state index in [4.69, 9.17) is 32.4 Å². The van der Waals surface area contributed by atoms with Gasteiger partial charge in [0.05, 0.1) is 16.7 Å². The fraction of sp³-hybridized carbons (Fsp3) is 0.167. The molecule has 0 fully saturated rings. The molecule has 0 unspecified atom stereocenters. The van der Waals surface area contributed by atoms with Gasteiger partial charge in [0.25, 0.3) is 6.01 Å². The predicted octanol–water partition coefficient (Wildman–Crippen LogP) is 4.04. The molecule has 0 aliphatic heterocycles. The van der Waals surface area contributed by atoms with Crippen molar-refractivity contribution in [1.29, 1.82) is 0 Å². The molecule has 1 heterocycles. The summed E-state index contributed by atoms with van der Waals surface area (Å²) < 4.78 is 23.1. The summed E-state index contributed by atoms with van der Waals surface area (Å²) in [4.78, 5) is 15.3. The lowest BCUT2D eigenvalue weighted by Gasteiger charge is -2.04. The molecular weight excluding hydrogens is 310 g/mol. The third-order valence-electron chi connectivity index (χ3n) is 2.22. The number of oxazole rings is 1. The number of nitrogens with one attached hydrogen (secondary N) is 1. The van der Waals surface area contributed by atoms with Crippen LogP contribution in [0.4, 0.5) is 16.1 Å². The summed E-state index contributed by atoms with van der Waals surface area (Å²) in [5.74, 6) is -1.31. The smallest absolute Gasteiger partial charge is 0.360 e. The van der Waals surface area contributed by atoms with Crippen molar-refractivity contribution >= 4 is 40.9 Å². The molecule has 0 radical (unpaired) electrons. The molecule has 5 nitrogen and oxygen atoms in total. The number of ether oxygens (including phenoxy) is 1. The Bertz CT molecular complexity index is 622. The molecule has 0 spiro atoms. The van der Waals surface area contributed by atoms with Crippen LogP contribution in [0.1, 0.15) is 17.4 Å². The number of carbonyl (C=O) groups is 1. The average Bonchev–Trinajstić information content (AvgIpc) is 2.85. The summed E-state index contributed by atoms with van der Waals surface area (Å²) in [6.45, 7) is 1.91. The number of anilines is 2. The van der Waals surface area contributed by atoms with E-state index < -0.39 is 11.8 Å². The summed E-state index contributed by atoms with van der Waals surface area (Å²) in [7, 11) is 0. The van der Waals surface area contributed by atoms with Crippen molar-refractivity contribution in [3.63, 3.8) is 0 Å². The van der Waals surface area contributed by atoms with Crippen molar-refractivity contribution in [2.45, 2.75) is 6.92 Å². The Morgan fingerprint density at radius 3 is 2.70 bits per heavy atom. The molecule has 0 saturated heterocycles. The third kappa shape index (κ3) is 3.20. The van der Waals surface area contributed by atoms with Gasteiger partial charge in [-0.05, 0) is 19.1 Å². The fourth-order valence-corrected chi connectivity index (χ4v) is 1.87. The lowest BCUT2D eigenvalue weighted by atomic mass is 10.3. The normalized spacial score (nSPS) is 10.4. The van der Waals surface area contributed by atoms with Crippen molar-refractivity contribution in [2.75, 3.05) is 11.9 Å². The Labute approximate surface area is 123 Å². The number of nitrogens with zero attached hydrogens (tertiary/aromatic N) is 1. The van der Waals surface area contributed by atoms with Crippen LogP contribution < -0.4 is 5.32 Å². The van der Waals surface area contributed by atoms with Gasteiger partial charge in [-0.25, -0.2) is 9.18 Å². The van der Waals surface area contributed by atoms with Gasteiger partial charge in [-0.3, -0.25) is 0 Å². The largest absolute Gasteiger partial charge is 0.461 e. The van der Waals surface area contributed by atoms with E-state index >= 15 is 0 Å². The second kappa shape index (κ2) is 6.11. The zero-order valence-corrected chi connectivity index (χ0v) is 11.8. The van der Waals surface area contributed by atoms with Gasteiger partial charge >= 0.3 is 5.97 Å². The lowest BCUT2D eigenvalue weighted by Crippen LogP contribution is -2.05. The van der Waals surface area contributed by atoms with Gasteiger partial charge in [-0.1, -0.05) is 23.2 Å². The van der Waals surface area contributed by atoms with E-state index in [9.17, 15) is 9.18 Å². The molecule has 0 aliphatic rings. The summed E-state index contributed by atoms with van der Waals surface area (Å²) in [6.07, 6.45) is 1.15. The second-order valence-electron chi connectivity index (χ2n) is 3.64. The fourth-order valence-electron chi connectivity index (χ4n) is 1.38. The second-order valence-corrected chi connectivity index (χ2v) is 4.45. The summed E-state index contributed by atoms with van der Waals surface area (Å²) in [5.41, 5.74) is 0.396. The molecule has 1 aromatic heterocycles. The summed E-state index contributed by atoms with van der Waals surface area (Å²) >= 11 is 11.3. The first-order valence-electron chi connectivity index (χ1n) is 5.55. The van der Waals surface area contributed by atoms with Gasteiger partial charge in [-0.2, -0.15) is 4.98 Å². The maximum absolute atomic E-state index is 13.3. The first kappa shape index (κ1) is 14.6. The van der Waals surface area contributed by atoms with Gasteiger partial charge < -0.3 is 14.5 Å². The molecular formula is C12H9Cl2FN2O3. The van der Waals surface area contributed by atoms with E-state index in [1.807, 2.05) is 0 Å². The molecule has 0 atom stereocenters. The van der Waals surface area contributed by atoms with E-state index in [-0.39, 0.29) is 28.4 Å². The highest BCUT2D eigenvalue weighted by Crippen LogP contribution is 2.28. The van der Waals surface area contributed by atoms with Crippen LogP contribution in [0.3, 0.4) is 0 Å². The van der Waals surface area contributed by atoms with Gasteiger partial charge in [0, 0.05) is 5.69 Å². The zero-order valence-electron chi connectivity index (χ0n) is 10.2. The first-order valence-corrected chi connectivity index (χ1v) is 6.31. The van der Waals surface area contributed by atoms with Crippen molar-refractivity contribution in [3.05, 3.63) is 40.0 Å². The molecule has 20 heavy (non-hydrogen) atoms. The minimum atomic E-state index is -0.710. The van der Waals surface area contributed by atoms with E-state index in [1.54, 1.807) is 6.92 Å². The molecule has 0 bridgehead atoms. The molecule has 0 aliphatic carbocycles. The van der Waals surface area contributed by atoms with E-state index in [2.05, 4.69) is 10.3 Å². The van der Waals surface area contributed by atoms with Crippen LogP contribution in [-0.4, -0.2) is 17.6 Å². The zero-order chi connectivity index (χ0) is 14.7. The number of halogens is 3. The first-order chi connectivity index (χ1) is 9.51. The molecule has 1 aromatic carbocycles. The third-order valence-corrected chi connectivity index (χ3v) is 2.77. The molecule has 0 amide bonds. The Kier molecular flexibility index (Phi) is 4.46. The average molecular weight is 319 g/mol. The van der Waals surface area contributed by atoms with Gasteiger partial charge in [0.15, 0.2) is 11.5 Å². The number of hydrogen-bond donors (Lipinski definition) is 1. The number of carbonyl (C=O) groups excluding carboxylic acids is 1. The van der Waals surface area contributed by atoms with Crippen LogP contribution in [0, 0.1) is 5.82 Å². The van der Waals surface area contributed by atoms with E-state index in [0.717, 1.165) is 6.26 Å². The van der Waals surface area contributed by atoms with Crippen molar-refractivity contribution in [2.24, 2.45) is 0 Å². The SMILES string of the molecule is CCOC(=O)c1coc(Nc2cc(Cl)c(F)c(Cl)c2)n1. The number of esters is 1. The van der Waals surface area contributed by atoms with E-state index in [0.29, 0.717) is 5.69 Å². The number of hydrogen-bond acceptors (Lipinski definition) is 5. The Balaban J connectivity index is 2.17. The monoisotopic (exact) mass is 318 g/mol. The predicted molar refractivity (Wildman–Crippen MR) is 72.2 cm³/mol. The van der Waals surface area contributed by atoms with Crippen LogP contribution in [0.2, 0.25) is 10.0 Å². The number of benzene rings is 1. The maximum atomic E-state index is 13.3. The Morgan fingerprint density at radius 1 is 1.45 bits per heavy atom. The molecule has 8 heteroatoms. The van der Waals surface area contributed by atoms with Gasteiger partial charge in [-0.15, -0.1) is 0 Å². The van der Waals surface area contributed by atoms with Crippen LogP contribution in [-0.2, 0) is 4.74 Å². The summed E-state index contributed by atoms with van der Waals surface area (Å²) in [5, 5.41) is 2.43. The van der Waals surface area contributed by atoms with Crippen molar-refractivity contribution in [3.8, 4) is 0 Å². The maximum Gasteiger partial charge on any atom is 0.360 e. The van der Waals surface area contributed by atoms with Crippen molar-refractivity contribution < 1.29 is 18.3 Å². The number of aromatic nitrogens is 1. The molecule has 0 saturated carbocycles. The topological polar surface area (TPSA) is 64.4 Å². The molecule has 106 valence electrons. The van der Waals surface area contributed by atoms with Crippen LogP contribution in [0.15, 0.2) is 22.8 Å². The standard InChI is InChI=1S/C12H9Cl2FN2O3/c1-2-19-11(18)9-5-20-12(17-9)16-6-3-7(13)10(15)8(14)4-6/h3-5H,2H2,1H3,(H,16,17). The highest BCUT2D eigenvalue weighted by Gasteiger charge is 2.14. The highest BCUT2D eigenvalue weighted by molar-refractivity contribution is 6.35. The van der Waals surface area contributed by atoms with Crippen molar-refractivity contribution in [1.82, 2.24) is 4.98 Å². The summed E-state index contributed by atoms with van der Waals surface area (Å²) in [6, 6.07) is 2.67. The van der Waals surface area contributed by atoms with Gasteiger partial charge in [0.1, 0.15) is 6.26 Å². The molecule has 2 rings (SSSR count). The van der Waals surface area contributed by atoms with Crippen LogP contribution >= 0.6 is 23.2 Å². The Morgan fingerprint density at radius 2 is 2.10 bits per heavy atom. The van der Waals surface area contributed by atoms with Crippen LogP contribution in [0.25, 0.3) is 0 Å². The lowest BCUT2D eigenvalue weighted by molar-refractivity contribution is 0.0519. The van der Waals surface area contributed by atoms with Gasteiger partial charge in [0.2, 0.25) is 0 Å². The molecule has 2 aromatic rings. The minimum Gasteiger partial charge on any atom is -0.461 e. The van der Waals surface area contributed by atoms with Crippen LogP contribution in [0.5, 0.6) is 0 Å². The minimum absolute atomic E-state index is 0.0219. The molecule has 1 N–H and O–H groups in total. The quantitative estimate of drug-likeness (QED) is 0.680. The number of rotatable bonds is 4. The van der Waals surface area contributed by atoms with E-state index in [1.165, 1.54) is 12.1 Å².